The number of hydrogen-bond acceptors (Lipinski definition) is 3. The van der Waals surface area contributed by atoms with E-state index in [-0.39, 0.29) is 12.6 Å². The summed E-state index contributed by atoms with van der Waals surface area (Å²) >= 11 is 0. The van der Waals surface area contributed by atoms with E-state index in [1.54, 1.807) is 6.92 Å². The van der Waals surface area contributed by atoms with E-state index in [2.05, 4.69) is 5.32 Å². The Morgan fingerprint density at radius 3 is 2.62 bits per heavy atom. The van der Waals surface area contributed by atoms with Crippen molar-refractivity contribution in [3.8, 4) is 0 Å². The van der Waals surface area contributed by atoms with Gasteiger partial charge in [0.25, 0.3) is 0 Å². The maximum atomic E-state index is 12.4. The molecule has 0 saturated heterocycles. The van der Waals surface area contributed by atoms with Gasteiger partial charge in [-0.15, -0.1) is 0 Å². The largest absolute Gasteiger partial charge is 0.477 e. The molecule has 0 bridgehead atoms. The first-order valence-corrected chi connectivity index (χ1v) is 3.75. The minimum absolute atomic E-state index is 0.194. The van der Waals surface area contributed by atoms with Gasteiger partial charge in [-0.2, -0.15) is 8.78 Å². The molecule has 1 unspecified atom stereocenters. The molecule has 0 heterocycles. The predicted octanol–water partition coefficient (Wildman–Crippen LogP) is 0.331. The molecule has 0 spiro atoms. The highest BCUT2D eigenvalue weighted by Gasteiger charge is 2.38. The number of carboxylic acid groups (broad SMARTS) is 1. The smallest absolute Gasteiger partial charge is 0.375 e. The van der Waals surface area contributed by atoms with Crippen molar-refractivity contribution in [2.24, 2.45) is 0 Å². The number of aliphatic carboxylic acids is 1. The Kier molecular flexibility index (Phi) is 4.79. The van der Waals surface area contributed by atoms with Crippen LogP contribution in [0.15, 0.2) is 0 Å². The van der Waals surface area contributed by atoms with Gasteiger partial charge in [-0.3, -0.25) is 0 Å². The van der Waals surface area contributed by atoms with Crippen molar-refractivity contribution in [2.75, 3.05) is 20.2 Å². The summed E-state index contributed by atoms with van der Waals surface area (Å²) in [6, 6.07) is 0. The van der Waals surface area contributed by atoms with Gasteiger partial charge in [0, 0.05) is 13.7 Å². The molecule has 0 aliphatic rings. The zero-order valence-corrected chi connectivity index (χ0v) is 7.51. The number of halogens is 2. The second-order valence-corrected chi connectivity index (χ2v) is 2.69. The molecular formula is C7H13F2NO3. The lowest BCUT2D eigenvalue weighted by Gasteiger charge is -2.14. The molecule has 0 fully saturated rings. The molecule has 0 aromatic carbocycles. The van der Waals surface area contributed by atoms with Crippen molar-refractivity contribution in [2.45, 2.75) is 19.0 Å². The summed E-state index contributed by atoms with van der Waals surface area (Å²) in [6.07, 6.45) is -0.218. The summed E-state index contributed by atoms with van der Waals surface area (Å²) in [4.78, 5) is 9.95. The third-order valence-electron chi connectivity index (χ3n) is 1.49. The van der Waals surface area contributed by atoms with Crippen molar-refractivity contribution < 1.29 is 23.4 Å². The zero-order chi connectivity index (χ0) is 10.5. The summed E-state index contributed by atoms with van der Waals surface area (Å²) in [5.74, 6) is -5.84. The van der Waals surface area contributed by atoms with E-state index in [1.165, 1.54) is 7.11 Å². The van der Waals surface area contributed by atoms with Crippen LogP contribution in [0.1, 0.15) is 6.92 Å². The van der Waals surface area contributed by atoms with Crippen LogP contribution >= 0.6 is 0 Å². The lowest BCUT2D eigenvalue weighted by atomic mass is 10.3. The molecule has 4 nitrogen and oxygen atoms in total. The van der Waals surface area contributed by atoms with Crippen molar-refractivity contribution >= 4 is 5.97 Å². The molecule has 0 radical (unpaired) electrons. The fourth-order valence-electron chi connectivity index (χ4n) is 0.591. The third kappa shape index (κ3) is 4.74. The van der Waals surface area contributed by atoms with Gasteiger partial charge >= 0.3 is 11.9 Å². The Morgan fingerprint density at radius 1 is 1.69 bits per heavy atom. The summed E-state index contributed by atoms with van der Waals surface area (Å²) in [5, 5.41) is 10.3. The number of carboxylic acids is 1. The molecule has 13 heavy (non-hydrogen) atoms. The number of rotatable bonds is 6. The van der Waals surface area contributed by atoms with Crippen LogP contribution in [0.4, 0.5) is 8.78 Å². The monoisotopic (exact) mass is 197 g/mol. The minimum atomic E-state index is -3.71. The normalized spacial score (nSPS) is 14.2. The first-order valence-electron chi connectivity index (χ1n) is 3.75. The molecule has 0 aliphatic heterocycles. The molecule has 0 saturated carbocycles. The molecule has 6 heteroatoms. The first kappa shape index (κ1) is 12.2. The second-order valence-electron chi connectivity index (χ2n) is 2.69. The average Bonchev–Trinajstić information content (AvgIpc) is 2.03. The van der Waals surface area contributed by atoms with E-state index in [9.17, 15) is 13.6 Å². The summed E-state index contributed by atoms with van der Waals surface area (Å²) in [6.45, 7) is 1.00. The van der Waals surface area contributed by atoms with Gasteiger partial charge in [0.1, 0.15) is 0 Å². The Bertz CT molecular complexity index is 175. The van der Waals surface area contributed by atoms with Gasteiger partial charge in [-0.25, -0.2) is 4.79 Å². The number of hydrogen-bond donors (Lipinski definition) is 2. The van der Waals surface area contributed by atoms with Gasteiger partial charge in [-0.05, 0) is 6.92 Å². The number of ether oxygens (including phenoxy) is 1. The summed E-state index contributed by atoms with van der Waals surface area (Å²) in [5.41, 5.74) is 0. The molecular weight excluding hydrogens is 184 g/mol. The topological polar surface area (TPSA) is 58.6 Å². The number of alkyl halides is 2. The standard InChI is InChI=1S/C7H13F2NO3/c1-5(13-2)3-10-4-7(8,9)6(11)12/h5,10H,3-4H2,1-2H3,(H,11,12). The van der Waals surface area contributed by atoms with E-state index in [1.807, 2.05) is 0 Å². The van der Waals surface area contributed by atoms with Crippen LogP contribution in [0, 0.1) is 0 Å². The zero-order valence-electron chi connectivity index (χ0n) is 7.51. The first-order chi connectivity index (χ1) is 5.90. The fourth-order valence-corrected chi connectivity index (χ4v) is 0.591. The van der Waals surface area contributed by atoms with Gasteiger partial charge < -0.3 is 15.2 Å². The number of methoxy groups -OCH3 is 1. The van der Waals surface area contributed by atoms with Gasteiger partial charge in [-0.1, -0.05) is 0 Å². The molecule has 78 valence electrons. The van der Waals surface area contributed by atoms with Crippen LogP contribution < -0.4 is 5.32 Å². The van der Waals surface area contributed by atoms with Gasteiger partial charge in [0.15, 0.2) is 0 Å². The third-order valence-corrected chi connectivity index (χ3v) is 1.49. The second kappa shape index (κ2) is 5.08. The van der Waals surface area contributed by atoms with Crippen molar-refractivity contribution in [3.63, 3.8) is 0 Å². The van der Waals surface area contributed by atoms with E-state index in [0.717, 1.165) is 0 Å². The average molecular weight is 197 g/mol. The van der Waals surface area contributed by atoms with Crippen LogP contribution in [0.5, 0.6) is 0 Å². The molecule has 0 amide bonds. The van der Waals surface area contributed by atoms with E-state index >= 15 is 0 Å². The van der Waals surface area contributed by atoms with Crippen LogP contribution in [0.3, 0.4) is 0 Å². The SMILES string of the molecule is COC(C)CNCC(F)(F)C(=O)O. The molecule has 2 N–H and O–H groups in total. The maximum Gasteiger partial charge on any atom is 0.375 e. The minimum Gasteiger partial charge on any atom is -0.477 e. The van der Waals surface area contributed by atoms with Gasteiger partial charge in [0.2, 0.25) is 0 Å². The Balaban J connectivity index is 3.70. The number of nitrogens with one attached hydrogen (secondary N) is 1. The number of carbonyl (C=O) groups is 1. The van der Waals surface area contributed by atoms with Crippen molar-refractivity contribution in [3.05, 3.63) is 0 Å². The highest BCUT2D eigenvalue weighted by atomic mass is 19.3. The maximum absolute atomic E-state index is 12.4. The van der Waals surface area contributed by atoms with Crippen LogP contribution in [0.25, 0.3) is 0 Å². The highest BCUT2D eigenvalue weighted by Crippen LogP contribution is 2.11. The molecule has 0 aromatic heterocycles. The lowest BCUT2D eigenvalue weighted by Crippen LogP contribution is -2.42. The van der Waals surface area contributed by atoms with Crippen LogP contribution in [-0.4, -0.2) is 43.3 Å². The summed E-state index contributed by atoms with van der Waals surface area (Å²) < 4.78 is 29.6. The Morgan fingerprint density at radius 2 is 2.23 bits per heavy atom. The molecule has 1 atom stereocenters. The summed E-state index contributed by atoms with van der Waals surface area (Å²) in [7, 11) is 1.45. The van der Waals surface area contributed by atoms with Crippen LogP contribution in [0.2, 0.25) is 0 Å². The fraction of sp³-hybridized carbons (Fsp3) is 0.857. The highest BCUT2D eigenvalue weighted by molar-refractivity contribution is 5.75. The predicted molar refractivity (Wildman–Crippen MR) is 41.9 cm³/mol. The Hall–Kier alpha value is -0.750. The van der Waals surface area contributed by atoms with E-state index < -0.39 is 18.4 Å². The van der Waals surface area contributed by atoms with Crippen molar-refractivity contribution in [1.82, 2.24) is 5.32 Å². The van der Waals surface area contributed by atoms with Crippen molar-refractivity contribution in [1.29, 1.82) is 0 Å². The van der Waals surface area contributed by atoms with E-state index in [4.69, 9.17) is 9.84 Å². The quantitative estimate of drug-likeness (QED) is 0.644. The van der Waals surface area contributed by atoms with E-state index in [0.29, 0.717) is 0 Å². The molecule has 0 aromatic rings. The van der Waals surface area contributed by atoms with Gasteiger partial charge in [0.05, 0.1) is 12.6 Å². The van der Waals surface area contributed by atoms with Crippen LogP contribution in [-0.2, 0) is 9.53 Å². The lowest BCUT2D eigenvalue weighted by molar-refractivity contribution is -0.164. The molecule has 0 rings (SSSR count). The molecule has 0 aliphatic carbocycles. The Labute approximate surface area is 74.9 Å².